The maximum absolute atomic E-state index is 10.1. The number of carbonyl (C=O) groups is 3. The third-order valence-electron chi connectivity index (χ3n) is 1.25. The Bertz CT molecular complexity index is 234. The molecular formula is C6H6KO8-3. The van der Waals surface area contributed by atoms with Gasteiger partial charge in [-0.25, -0.2) is 0 Å². The molecule has 0 saturated heterocycles. The summed E-state index contributed by atoms with van der Waals surface area (Å²) in [6.07, 6.45) is -2.72. The standard InChI is InChI=1S/C6H8O7.K.H2O/c7-3(8)1-6(13,5(11)12)2-4(9)10;;/h13H,1-2H2,(H,7,8)(H,9,10)(H,11,12);;1H2/q;+1;/p-4. The Morgan fingerprint density at radius 2 is 1.27 bits per heavy atom. The predicted octanol–water partition coefficient (Wildman–Crippen LogP) is -8.43. The number of carbonyl (C=O) groups excluding carboxylic acids is 3. The van der Waals surface area contributed by atoms with Crippen LogP contribution in [0.25, 0.3) is 0 Å². The van der Waals surface area contributed by atoms with Crippen LogP contribution in [0, 0.1) is 0 Å². The van der Waals surface area contributed by atoms with E-state index in [2.05, 4.69) is 0 Å². The van der Waals surface area contributed by atoms with Crippen molar-refractivity contribution in [1.29, 1.82) is 0 Å². The molecule has 2 N–H and O–H groups in total. The van der Waals surface area contributed by atoms with Crippen molar-refractivity contribution in [3.05, 3.63) is 0 Å². The van der Waals surface area contributed by atoms with Gasteiger partial charge in [0.25, 0.3) is 0 Å². The van der Waals surface area contributed by atoms with E-state index in [1.165, 1.54) is 0 Å². The van der Waals surface area contributed by atoms with E-state index in [9.17, 15) is 29.7 Å². The van der Waals surface area contributed by atoms with Crippen LogP contribution in [0.4, 0.5) is 0 Å². The van der Waals surface area contributed by atoms with Crippen LogP contribution in [0.2, 0.25) is 0 Å². The van der Waals surface area contributed by atoms with Crippen molar-refractivity contribution >= 4 is 17.9 Å². The zero-order valence-electron chi connectivity index (χ0n) is 7.76. The van der Waals surface area contributed by atoms with Gasteiger partial charge in [0.15, 0.2) is 0 Å². The number of aliphatic hydroxyl groups is 1. The molecule has 8 nitrogen and oxygen atoms in total. The molecule has 0 aliphatic carbocycles. The molecule has 0 amide bonds. The van der Waals surface area contributed by atoms with Gasteiger partial charge >= 0.3 is 51.4 Å². The van der Waals surface area contributed by atoms with Crippen molar-refractivity contribution in [3.8, 4) is 0 Å². The number of aliphatic carboxylic acids is 3. The molecule has 0 radical (unpaired) electrons. The minimum atomic E-state index is -2.97. The molecule has 15 heavy (non-hydrogen) atoms. The first kappa shape index (κ1) is 20.4. The van der Waals surface area contributed by atoms with Crippen molar-refractivity contribution in [3.63, 3.8) is 0 Å². The Labute approximate surface area is 127 Å². The molecule has 0 heterocycles. The summed E-state index contributed by atoms with van der Waals surface area (Å²) in [5.74, 6) is -5.98. The predicted molar refractivity (Wildman–Crippen MR) is 31.1 cm³/mol. The molecule has 0 fully saturated rings. The Balaban J connectivity index is -0.000000720. The van der Waals surface area contributed by atoms with Gasteiger partial charge in [-0.15, -0.1) is 0 Å². The van der Waals surface area contributed by atoms with Crippen LogP contribution >= 0.6 is 0 Å². The maximum atomic E-state index is 10.1. The minimum absolute atomic E-state index is 0. The second kappa shape index (κ2) is 8.16. The minimum Gasteiger partial charge on any atom is -0.870 e. The van der Waals surface area contributed by atoms with Crippen LogP contribution in [0.15, 0.2) is 0 Å². The normalized spacial score (nSPS) is 9.40. The summed E-state index contributed by atoms with van der Waals surface area (Å²) in [4.78, 5) is 30.0. The van der Waals surface area contributed by atoms with E-state index >= 15 is 0 Å². The largest absolute Gasteiger partial charge is 1.00 e. The van der Waals surface area contributed by atoms with Gasteiger partial charge in [-0.05, 0) is 0 Å². The fourth-order valence-corrected chi connectivity index (χ4v) is 0.684. The third-order valence-corrected chi connectivity index (χ3v) is 1.25. The van der Waals surface area contributed by atoms with Gasteiger partial charge in [0.1, 0.15) is 5.60 Å². The van der Waals surface area contributed by atoms with Gasteiger partial charge in [0.05, 0.1) is 5.97 Å². The van der Waals surface area contributed by atoms with E-state index in [4.69, 9.17) is 5.11 Å². The maximum Gasteiger partial charge on any atom is 1.00 e. The molecule has 0 atom stereocenters. The van der Waals surface area contributed by atoms with E-state index in [0.29, 0.717) is 0 Å². The number of hydrogen-bond acceptors (Lipinski definition) is 8. The van der Waals surface area contributed by atoms with Crippen LogP contribution < -0.4 is 66.7 Å². The van der Waals surface area contributed by atoms with Crippen molar-refractivity contribution in [2.24, 2.45) is 0 Å². The van der Waals surface area contributed by atoms with Gasteiger partial charge < -0.3 is 40.3 Å². The van der Waals surface area contributed by atoms with Crippen LogP contribution in [-0.4, -0.2) is 34.1 Å². The van der Waals surface area contributed by atoms with Gasteiger partial charge in [0.2, 0.25) is 0 Å². The number of hydrogen-bond donors (Lipinski definition) is 1. The van der Waals surface area contributed by atoms with Gasteiger partial charge in [-0.2, -0.15) is 0 Å². The Kier molecular flexibility index (Phi) is 11.1. The van der Waals surface area contributed by atoms with Crippen LogP contribution in [0.5, 0.6) is 0 Å². The molecule has 0 rings (SSSR count). The summed E-state index contributed by atoms with van der Waals surface area (Å²) in [5, 5.41) is 38.9. The molecule has 0 spiro atoms. The first-order valence-electron chi connectivity index (χ1n) is 3.11. The summed E-state index contributed by atoms with van der Waals surface area (Å²) in [6.45, 7) is 0. The molecule has 0 aliphatic heterocycles. The topological polar surface area (TPSA) is 171 Å². The average Bonchev–Trinajstić information content (AvgIpc) is 1.82. The first-order valence-corrected chi connectivity index (χ1v) is 3.11. The fourth-order valence-electron chi connectivity index (χ4n) is 0.684. The molecule has 9 heteroatoms. The smallest absolute Gasteiger partial charge is 0.870 e. The van der Waals surface area contributed by atoms with Gasteiger partial charge in [-0.1, -0.05) is 0 Å². The number of carboxylic acid groups (broad SMARTS) is 3. The second-order valence-electron chi connectivity index (χ2n) is 2.42. The summed E-state index contributed by atoms with van der Waals surface area (Å²) in [5.41, 5.74) is -2.97. The van der Waals surface area contributed by atoms with Crippen LogP contribution in [-0.2, 0) is 14.4 Å². The van der Waals surface area contributed by atoms with Crippen molar-refractivity contribution in [2.45, 2.75) is 18.4 Å². The number of carboxylic acids is 3. The fraction of sp³-hybridized carbons (Fsp3) is 0.500. The molecule has 0 bridgehead atoms. The average molecular weight is 245 g/mol. The van der Waals surface area contributed by atoms with E-state index in [-0.39, 0.29) is 56.9 Å². The Morgan fingerprint density at radius 3 is 1.40 bits per heavy atom. The van der Waals surface area contributed by atoms with Crippen molar-refractivity contribution < 1.29 is 91.7 Å². The molecule has 0 aromatic rings. The zero-order valence-corrected chi connectivity index (χ0v) is 10.9. The first-order chi connectivity index (χ1) is 5.78. The van der Waals surface area contributed by atoms with Gasteiger partial charge in [0, 0.05) is 24.8 Å². The third kappa shape index (κ3) is 7.85. The van der Waals surface area contributed by atoms with Crippen molar-refractivity contribution in [1.82, 2.24) is 0 Å². The Hall–Kier alpha value is -0.0336. The summed E-state index contributed by atoms with van der Waals surface area (Å²) in [7, 11) is 0. The van der Waals surface area contributed by atoms with Crippen LogP contribution in [0.1, 0.15) is 12.8 Å². The van der Waals surface area contributed by atoms with E-state index in [1.807, 2.05) is 0 Å². The molecule has 0 saturated carbocycles. The van der Waals surface area contributed by atoms with Crippen molar-refractivity contribution in [2.75, 3.05) is 0 Å². The quantitative estimate of drug-likeness (QED) is 0.465. The van der Waals surface area contributed by atoms with E-state index in [1.54, 1.807) is 0 Å². The Morgan fingerprint density at radius 1 is 1.00 bits per heavy atom. The summed E-state index contributed by atoms with van der Waals surface area (Å²) in [6, 6.07) is 0. The molecule has 0 aliphatic rings. The molecule has 0 aromatic heterocycles. The number of rotatable bonds is 5. The second-order valence-corrected chi connectivity index (χ2v) is 2.42. The molecular weight excluding hydrogens is 239 g/mol. The SMILES string of the molecule is O=C([O-])CC(O)(CC(=O)[O-])C(=O)[O-].[K+].[OH-]. The molecule has 0 unspecified atom stereocenters. The van der Waals surface area contributed by atoms with Crippen LogP contribution in [0.3, 0.4) is 0 Å². The summed E-state index contributed by atoms with van der Waals surface area (Å²) < 4.78 is 0. The monoisotopic (exact) mass is 245 g/mol. The summed E-state index contributed by atoms with van der Waals surface area (Å²) >= 11 is 0. The van der Waals surface area contributed by atoms with E-state index in [0.717, 1.165) is 0 Å². The van der Waals surface area contributed by atoms with E-state index < -0.39 is 36.4 Å². The van der Waals surface area contributed by atoms with Gasteiger partial charge in [-0.3, -0.25) is 0 Å². The molecule has 0 aromatic carbocycles. The molecule has 82 valence electrons. The zero-order chi connectivity index (χ0) is 10.6.